The summed E-state index contributed by atoms with van der Waals surface area (Å²) >= 11 is 0. The predicted molar refractivity (Wildman–Crippen MR) is 88.0 cm³/mol. The maximum atomic E-state index is 12.6. The molecule has 2 N–H and O–H groups in total. The number of aromatic hydroxyl groups is 1. The Kier molecular flexibility index (Phi) is 4.65. The lowest BCUT2D eigenvalue weighted by Crippen LogP contribution is -2.15. The first-order valence-corrected chi connectivity index (χ1v) is 8.30. The van der Waals surface area contributed by atoms with E-state index in [0.29, 0.717) is 11.1 Å². The molecule has 0 aliphatic carbocycles. The first-order valence-electron chi connectivity index (χ1n) is 6.82. The van der Waals surface area contributed by atoms with Gasteiger partial charge in [-0.3, -0.25) is 14.8 Å². The van der Waals surface area contributed by atoms with E-state index >= 15 is 0 Å². The molecular weight excluding hydrogens is 336 g/mol. The molecule has 0 spiro atoms. The van der Waals surface area contributed by atoms with Gasteiger partial charge in [-0.05, 0) is 31.5 Å². The van der Waals surface area contributed by atoms with Gasteiger partial charge in [0, 0.05) is 11.6 Å². The molecule has 2 rings (SSSR count). The standard InChI is InChI=1S/C15H16N2O6S/c1-9-4-6-12(10(2)15(9)18)16-24(21,22)14-7-5-11(17(19)20)8-13(14)23-3/h4-8,16,18H,1-3H3. The molecule has 0 fully saturated rings. The van der Waals surface area contributed by atoms with Crippen molar-refractivity contribution in [3.8, 4) is 11.5 Å². The van der Waals surface area contributed by atoms with Crippen molar-refractivity contribution in [2.75, 3.05) is 11.8 Å². The first-order chi connectivity index (χ1) is 11.2. The largest absolute Gasteiger partial charge is 0.507 e. The van der Waals surface area contributed by atoms with Gasteiger partial charge in [-0.25, -0.2) is 8.42 Å². The number of rotatable bonds is 5. The van der Waals surface area contributed by atoms with E-state index in [4.69, 9.17) is 4.74 Å². The van der Waals surface area contributed by atoms with Crippen LogP contribution in [0.25, 0.3) is 0 Å². The average molecular weight is 352 g/mol. The van der Waals surface area contributed by atoms with Crippen molar-refractivity contribution in [2.45, 2.75) is 18.7 Å². The first kappa shape index (κ1) is 17.5. The predicted octanol–water partition coefficient (Wildman–Crippen LogP) is 2.73. The van der Waals surface area contributed by atoms with Crippen molar-refractivity contribution < 1.29 is 23.2 Å². The molecule has 0 heterocycles. The number of sulfonamides is 1. The molecule has 0 aliphatic heterocycles. The molecule has 0 aliphatic rings. The van der Waals surface area contributed by atoms with Gasteiger partial charge in [0.25, 0.3) is 15.7 Å². The summed E-state index contributed by atoms with van der Waals surface area (Å²) in [6.45, 7) is 3.27. The number of non-ortho nitro benzene ring substituents is 1. The second-order valence-corrected chi connectivity index (χ2v) is 6.75. The molecular formula is C15H16N2O6S. The van der Waals surface area contributed by atoms with Gasteiger partial charge in [0.2, 0.25) is 0 Å². The molecule has 0 amide bonds. The number of nitrogens with zero attached hydrogens (tertiary/aromatic N) is 1. The number of ether oxygens (including phenoxy) is 1. The second-order valence-electron chi connectivity index (χ2n) is 5.10. The number of nitrogens with one attached hydrogen (secondary N) is 1. The lowest BCUT2D eigenvalue weighted by molar-refractivity contribution is -0.385. The minimum atomic E-state index is -4.06. The molecule has 24 heavy (non-hydrogen) atoms. The molecule has 0 unspecified atom stereocenters. The number of anilines is 1. The van der Waals surface area contributed by atoms with Crippen molar-refractivity contribution in [3.63, 3.8) is 0 Å². The SMILES string of the molecule is COc1cc([N+](=O)[O-])ccc1S(=O)(=O)Nc1ccc(C)c(O)c1C. The number of phenolic OH excluding ortho intramolecular Hbond substituents is 1. The van der Waals surface area contributed by atoms with E-state index < -0.39 is 14.9 Å². The van der Waals surface area contributed by atoms with Crippen molar-refractivity contribution in [1.82, 2.24) is 0 Å². The zero-order valence-corrected chi connectivity index (χ0v) is 14.0. The molecule has 0 aromatic heterocycles. The highest BCUT2D eigenvalue weighted by Crippen LogP contribution is 2.33. The molecule has 2 aromatic rings. The van der Waals surface area contributed by atoms with Gasteiger partial charge in [-0.2, -0.15) is 0 Å². The maximum Gasteiger partial charge on any atom is 0.273 e. The van der Waals surface area contributed by atoms with Crippen LogP contribution in [0.1, 0.15) is 11.1 Å². The fourth-order valence-corrected chi connectivity index (χ4v) is 3.41. The normalized spacial score (nSPS) is 11.1. The van der Waals surface area contributed by atoms with Gasteiger partial charge < -0.3 is 9.84 Å². The highest BCUT2D eigenvalue weighted by atomic mass is 32.2. The van der Waals surface area contributed by atoms with E-state index in [2.05, 4.69) is 4.72 Å². The Labute approximate surface area is 138 Å². The number of methoxy groups -OCH3 is 1. The zero-order chi connectivity index (χ0) is 18.1. The molecule has 8 nitrogen and oxygen atoms in total. The number of nitro benzene ring substituents is 1. The van der Waals surface area contributed by atoms with E-state index in [0.717, 1.165) is 18.2 Å². The van der Waals surface area contributed by atoms with Crippen LogP contribution in [0.15, 0.2) is 35.2 Å². The van der Waals surface area contributed by atoms with Crippen molar-refractivity contribution in [3.05, 3.63) is 51.6 Å². The molecule has 0 saturated heterocycles. The lowest BCUT2D eigenvalue weighted by atomic mass is 10.1. The van der Waals surface area contributed by atoms with Gasteiger partial charge in [0.05, 0.1) is 23.8 Å². The summed E-state index contributed by atoms with van der Waals surface area (Å²) in [6.07, 6.45) is 0. The van der Waals surface area contributed by atoms with Crippen LogP contribution < -0.4 is 9.46 Å². The van der Waals surface area contributed by atoms with Crippen LogP contribution in [0.4, 0.5) is 11.4 Å². The van der Waals surface area contributed by atoms with E-state index in [9.17, 15) is 23.6 Å². The van der Waals surface area contributed by atoms with E-state index in [-0.39, 0.29) is 27.8 Å². The Hall–Kier alpha value is -2.81. The van der Waals surface area contributed by atoms with Crippen molar-refractivity contribution in [1.29, 1.82) is 0 Å². The number of nitro groups is 1. The Morgan fingerprint density at radius 1 is 1.21 bits per heavy atom. The van der Waals surface area contributed by atoms with Crippen LogP contribution in [-0.4, -0.2) is 25.6 Å². The van der Waals surface area contributed by atoms with Crippen LogP contribution in [0, 0.1) is 24.0 Å². The molecule has 128 valence electrons. The number of hydrogen-bond donors (Lipinski definition) is 2. The van der Waals surface area contributed by atoms with Crippen molar-refractivity contribution in [2.24, 2.45) is 0 Å². The van der Waals surface area contributed by atoms with Crippen LogP contribution in [-0.2, 0) is 10.0 Å². The minimum Gasteiger partial charge on any atom is -0.507 e. The van der Waals surface area contributed by atoms with Gasteiger partial charge in [-0.1, -0.05) is 6.07 Å². The van der Waals surface area contributed by atoms with E-state index in [1.165, 1.54) is 13.2 Å². The fourth-order valence-electron chi connectivity index (χ4n) is 2.14. The Morgan fingerprint density at radius 3 is 2.46 bits per heavy atom. The third-order valence-electron chi connectivity index (χ3n) is 3.52. The van der Waals surface area contributed by atoms with Crippen LogP contribution in [0.2, 0.25) is 0 Å². The van der Waals surface area contributed by atoms with Crippen LogP contribution in [0.3, 0.4) is 0 Å². The quantitative estimate of drug-likeness (QED) is 0.631. The highest BCUT2D eigenvalue weighted by molar-refractivity contribution is 7.92. The van der Waals surface area contributed by atoms with Gasteiger partial charge in [0.15, 0.2) is 0 Å². The maximum absolute atomic E-state index is 12.6. The summed E-state index contributed by atoms with van der Waals surface area (Å²) in [5, 5.41) is 20.7. The fraction of sp³-hybridized carbons (Fsp3) is 0.200. The Morgan fingerprint density at radius 2 is 1.88 bits per heavy atom. The number of phenols is 1. The van der Waals surface area contributed by atoms with Gasteiger partial charge in [-0.15, -0.1) is 0 Å². The third-order valence-corrected chi connectivity index (χ3v) is 4.93. The van der Waals surface area contributed by atoms with Gasteiger partial charge in [0.1, 0.15) is 16.4 Å². The summed E-state index contributed by atoms with van der Waals surface area (Å²) in [4.78, 5) is 9.91. The summed E-state index contributed by atoms with van der Waals surface area (Å²) in [5.41, 5.74) is 0.913. The summed E-state index contributed by atoms with van der Waals surface area (Å²) < 4.78 is 32.5. The smallest absolute Gasteiger partial charge is 0.273 e. The minimum absolute atomic E-state index is 0.00846. The van der Waals surface area contributed by atoms with E-state index in [1.807, 2.05) is 0 Å². The molecule has 0 saturated carbocycles. The topological polar surface area (TPSA) is 119 Å². The molecule has 0 atom stereocenters. The zero-order valence-electron chi connectivity index (χ0n) is 13.2. The van der Waals surface area contributed by atoms with E-state index in [1.54, 1.807) is 19.9 Å². The van der Waals surface area contributed by atoms with Gasteiger partial charge >= 0.3 is 0 Å². The summed E-state index contributed by atoms with van der Waals surface area (Å²) in [7, 11) is -2.84. The van der Waals surface area contributed by atoms with Crippen LogP contribution >= 0.6 is 0 Å². The second kappa shape index (κ2) is 6.36. The Bertz CT molecular complexity index is 908. The number of aryl methyl sites for hydroxylation is 1. The van der Waals surface area contributed by atoms with Crippen LogP contribution in [0.5, 0.6) is 11.5 Å². The molecule has 9 heteroatoms. The monoisotopic (exact) mass is 352 g/mol. The summed E-state index contributed by atoms with van der Waals surface area (Å²) in [6, 6.07) is 6.32. The molecule has 0 radical (unpaired) electrons. The molecule has 0 bridgehead atoms. The number of hydrogen-bond acceptors (Lipinski definition) is 6. The average Bonchev–Trinajstić information content (AvgIpc) is 2.54. The highest BCUT2D eigenvalue weighted by Gasteiger charge is 2.23. The molecule has 2 aromatic carbocycles. The summed E-state index contributed by atoms with van der Waals surface area (Å²) in [5.74, 6) is -0.156. The number of benzene rings is 2. The third kappa shape index (κ3) is 3.25. The van der Waals surface area contributed by atoms with Crippen molar-refractivity contribution >= 4 is 21.4 Å². The lowest BCUT2D eigenvalue weighted by Gasteiger charge is -2.14. The Balaban J connectivity index is 2.48.